The van der Waals surface area contributed by atoms with Gasteiger partial charge in [-0.2, -0.15) is 5.10 Å². The van der Waals surface area contributed by atoms with Crippen LogP contribution in [0.1, 0.15) is 23.8 Å². The molecule has 0 fully saturated rings. The van der Waals surface area contributed by atoms with Gasteiger partial charge < -0.3 is 15.5 Å². The third-order valence-electron chi connectivity index (χ3n) is 5.47. The van der Waals surface area contributed by atoms with Crippen molar-refractivity contribution >= 4 is 21.8 Å². The van der Waals surface area contributed by atoms with Crippen molar-refractivity contribution in [3.63, 3.8) is 0 Å². The van der Waals surface area contributed by atoms with Crippen molar-refractivity contribution in [2.75, 3.05) is 6.54 Å². The molecule has 3 aromatic heterocycles. The Kier molecular flexibility index (Phi) is 4.69. The Hall–Kier alpha value is -3.64. The van der Waals surface area contributed by atoms with Crippen molar-refractivity contribution in [3.8, 4) is 16.9 Å². The number of aromatic amines is 2. The van der Waals surface area contributed by atoms with Crippen LogP contribution < -0.4 is 10.5 Å². The number of pyridine rings is 1. The van der Waals surface area contributed by atoms with Crippen molar-refractivity contribution in [1.82, 2.24) is 20.2 Å². The number of nitrogens with one attached hydrogen (secondary N) is 2. The monoisotopic (exact) mass is 397 g/mol. The molecule has 4 N–H and O–H groups in total. The van der Waals surface area contributed by atoms with Crippen LogP contribution in [0.25, 0.3) is 32.9 Å². The summed E-state index contributed by atoms with van der Waals surface area (Å²) in [6.07, 6.45) is 6.18. The maximum atomic E-state index is 6.38. The highest BCUT2D eigenvalue weighted by atomic mass is 16.5. The van der Waals surface area contributed by atoms with E-state index in [-0.39, 0.29) is 6.10 Å². The lowest BCUT2D eigenvalue weighted by Crippen LogP contribution is -2.13. The second-order valence-corrected chi connectivity index (χ2v) is 7.46. The number of nitrogens with two attached hydrogens (primary N) is 1. The fourth-order valence-electron chi connectivity index (χ4n) is 3.91. The van der Waals surface area contributed by atoms with E-state index in [4.69, 9.17) is 10.5 Å². The molecule has 6 heteroatoms. The Morgan fingerprint density at radius 3 is 2.83 bits per heavy atom. The van der Waals surface area contributed by atoms with E-state index in [0.717, 1.165) is 49.9 Å². The Balaban J connectivity index is 1.48. The van der Waals surface area contributed by atoms with E-state index in [1.54, 1.807) is 6.20 Å². The zero-order valence-electron chi connectivity index (χ0n) is 16.7. The van der Waals surface area contributed by atoms with Crippen LogP contribution in [0.4, 0.5) is 0 Å². The van der Waals surface area contributed by atoms with Gasteiger partial charge in [-0.05, 0) is 43.3 Å². The molecule has 2 aromatic carbocycles. The number of benzene rings is 2. The van der Waals surface area contributed by atoms with Gasteiger partial charge in [0.15, 0.2) is 0 Å². The zero-order chi connectivity index (χ0) is 20.5. The van der Waals surface area contributed by atoms with E-state index >= 15 is 0 Å². The highest BCUT2D eigenvalue weighted by molar-refractivity contribution is 5.86. The van der Waals surface area contributed by atoms with E-state index in [0.29, 0.717) is 13.0 Å². The maximum absolute atomic E-state index is 6.38. The van der Waals surface area contributed by atoms with E-state index in [1.807, 2.05) is 43.6 Å². The molecule has 0 aliphatic heterocycles. The molecule has 3 heterocycles. The molecule has 150 valence electrons. The molecule has 0 saturated carbocycles. The minimum Gasteiger partial charge on any atom is -0.484 e. The van der Waals surface area contributed by atoms with Crippen LogP contribution in [0, 0.1) is 6.92 Å². The van der Waals surface area contributed by atoms with Gasteiger partial charge in [-0.25, -0.2) is 0 Å². The van der Waals surface area contributed by atoms with E-state index < -0.39 is 0 Å². The lowest BCUT2D eigenvalue weighted by Gasteiger charge is -2.18. The molecule has 0 aliphatic rings. The molecule has 0 amide bonds. The molecule has 6 nitrogen and oxygen atoms in total. The number of hydrogen-bond acceptors (Lipinski definition) is 4. The third-order valence-corrected chi connectivity index (χ3v) is 5.47. The summed E-state index contributed by atoms with van der Waals surface area (Å²) in [5.74, 6) is 0.722. The summed E-state index contributed by atoms with van der Waals surface area (Å²) in [5.41, 5.74) is 12.2. The molecule has 0 spiro atoms. The summed E-state index contributed by atoms with van der Waals surface area (Å²) in [7, 11) is 0. The largest absolute Gasteiger partial charge is 0.484 e. The molecule has 5 aromatic rings. The normalized spacial score (nSPS) is 12.5. The van der Waals surface area contributed by atoms with E-state index in [2.05, 4.69) is 44.4 Å². The zero-order valence-corrected chi connectivity index (χ0v) is 16.7. The minimum absolute atomic E-state index is 0.151. The first-order valence-electron chi connectivity index (χ1n) is 10.1. The molecule has 0 aliphatic carbocycles. The van der Waals surface area contributed by atoms with Gasteiger partial charge in [-0.15, -0.1) is 0 Å². The van der Waals surface area contributed by atoms with Crippen LogP contribution in [0.15, 0.2) is 67.1 Å². The first-order chi connectivity index (χ1) is 14.7. The fourth-order valence-corrected chi connectivity index (χ4v) is 3.91. The number of hydrogen-bond donors (Lipinski definition) is 3. The van der Waals surface area contributed by atoms with Crippen LogP contribution in [0.2, 0.25) is 0 Å². The van der Waals surface area contributed by atoms with Crippen LogP contribution >= 0.6 is 0 Å². The van der Waals surface area contributed by atoms with Crippen molar-refractivity contribution in [2.45, 2.75) is 19.4 Å². The highest BCUT2D eigenvalue weighted by Gasteiger charge is 2.18. The molecule has 1 atom stereocenters. The molecule has 1 unspecified atom stereocenters. The Morgan fingerprint density at radius 2 is 1.93 bits per heavy atom. The number of rotatable bonds is 6. The molecule has 0 radical (unpaired) electrons. The van der Waals surface area contributed by atoms with Gasteiger partial charge in [-0.1, -0.05) is 24.3 Å². The van der Waals surface area contributed by atoms with Gasteiger partial charge in [-0.3, -0.25) is 10.1 Å². The first-order valence-corrected chi connectivity index (χ1v) is 10.1. The lowest BCUT2D eigenvalue weighted by atomic mass is 10.0. The summed E-state index contributed by atoms with van der Waals surface area (Å²) in [4.78, 5) is 7.74. The van der Waals surface area contributed by atoms with Gasteiger partial charge >= 0.3 is 0 Å². The molecule has 0 saturated heterocycles. The number of nitrogens with zero attached hydrogens (tertiary/aromatic N) is 2. The van der Waals surface area contributed by atoms with Crippen molar-refractivity contribution < 1.29 is 4.74 Å². The predicted octanol–water partition coefficient (Wildman–Crippen LogP) is 4.88. The summed E-state index contributed by atoms with van der Waals surface area (Å²) in [5, 5.41) is 9.60. The minimum atomic E-state index is -0.151. The second kappa shape index (κ2) is 7.65. The van der Waals surface area contributed by atoms with Gasteiger partial charge in [0, 0.05) is 51.9 Å². The Morgan fingerprint density at radius 1 is 1.03 bits per heavy atom. The van der Waals surface area contributed by atoms with Crippen molar-refractivity contribution in [3.05, 3.63) is 78.4 Å². The van der Waals surface area contributed by atoms with Gasteiger partial charge in [0.05, 0.1) is 11.7 Å². The second-order valence-electron chi connectivity index (χ2n) is 7.46. The number of para-hydroxylation sites is 1. The van der Waals surface area contributed by atoms with Gasteiger partial charge in [0.1, 0.15) is 11.9 Å². The average molecular weight is 397 g/mol. The topological polar surface area (TPSA) is 92.6 Å². The summed E-state index contributed by atoms with van der Waals surface area (Å²) in [6.45, 7) is 2.56. The molecular formula is C24H23N5O. The quantitative estimate of drug-likeness (QED) is 0.381. The smallest absolute Gasteiger partial charge is 0.139 e. The third kappa shape index (κ3) is 3.31. The number of aromatic nitrogens is 4. The highest BCUT2D eigenvalue weighted by Crippen LogP contribution is 2.32. The first kappa shape index (κ1) is 18.4. The van der Waals surface area contributed by atoms with E-state index in [1.165, 1.54) is 0 Å². The SMILES string of the molecule is Cc1[nH]nc2ccc(-c3cncc(OC(CCN)c4c[nH]c5ccccc45)c3)cc12. The average Bonchev–Trinajstić information content (AvgIpc) is 3.37. The summed E-state index contributed by atoms with van der Waals surface area (Å²) >= 11 is 0. The van der Waals surface area contributed by atoms with E-state index in [9.17, 15) is 0 Å². The van der Waals surface area contributed by atoms with Crippen LogP contribution in [0.5, 0.6) is 5.75 Å². The molecular weight excluding hydrogens is 374 g/mol. The van der Waals surface area contributed by atoms with Gasteiger partial charge in [0.25, 0.3) is 0 Å². The fraction of sp³-hybridized carbons (Fsp3) is 0.167. The Bertz CT molecular complexity index is 1320. The van der Waals surface area contributed by atoms with Crippen molar-refractivity contribution in [2.24, 2.45) is 5.73 Å². The number of ether oxygens (including phenoxy) is 1. The Labute approximate surface area is 174 Å². The van der Waals surface area contributed by atoms with Gasteiger partial charge in [0.2, 0.25) is 0 Å². The van der Waals surface area contributed by atoms with Crippen LogP contribution in [-0.4, -0.2) is 26.7 Å². The maximum Gasteiger partial charge on any atom is 0.139 e. The van der Waals surface area contributed by atoms with Crippen LogP contribution in [0.3, 0.4) is 0 Å². The standard InChI is InChI=1S/C24H23N5O/c1-15-20-11-16(6-7-23(20)29-28-15)17-10-18(13-26-12-17)30-24(8-9-25)21-14-27-22-5-3-2-4-19(21)22/h2-7,10-14,24,27H,8-9,25H2,1H3,(H,28,29). The number of fused-ring (bicyclic) bond motifs is 2. The summed E-state index contributed by atoms with van der Waals surface area (Å²) < 4.78 is 6.38. The van der Waals surface area contributed by atoms with Crippen LogP contribution in [-0.2, 0) is 0 Å². The predicted molar refractivity (Wildman–Crippen MR) is 119 cm³/mol. The van der Waals surface area contributed by atoms with Crippen molar-refractivity contribution in [1.29, 1.82) is 0 Å². The molecule has 0 bridgehead atoms. The lowest BCUT2D eigenvalue weighted by molar-refractivity contribution is 0.198. The number of H-pyrrole nitrogens is 2. The summed E-state index contributed by atoms with van der Waals surface area (Å²) in [6, 6.07) is 16.5. The molecule has 30 heavy (non-hydrogen) atoms. The molecule has 5 rings (SSSR count). The number of aryl methyl sites for hydroxylation is 1.